The van der Waals surface area contributed by atoms with Crippen LogP contribution < -0.4 is 10.1 Å². The maximum absolute atomic E-state index is 12.2. The van der Waals surface area contributed by atoms with Crippen molar-refractivity contribution in [2.45, 2.75) is 18.9 Å². The number of methoxy groups -OCH3 is 1. The highest BCUT2D eigenvalue weighted by Gasteiger charge is 2.38. The molecule has 1 aliphatic rings. The SMILES string of the molecule is COc1ccc(C2NC(=O)N(CCCC#N)C2=O)cc1. The smallest absolute Gasteiger partial charge is 0.325 e. The van der Waals surface area contributed by atoms with Crippen molar-refractivity contribution < 1.29 is 14.3 Å². The van der Waals surface area contributed by atoms with E-state index < -0.39 is 12.1 Å². The molecular weight excluding hydrogens is 258 g/mol. The summed E-state index contributed by atoms with van der Waals surface area (Å²) in [6.07, 6.45) is 0.815. The highest BCUT2D eigenvalue weighted by atomic mass is 16.5. The van der Waals surface area contributed by atoms with Gasteiger partial charge in [0, 0.05) is 13.0 Å². The molecule has 0 spiro atoms. The molecule has 1 N–H and O–H groups in total. The Morgan fingerprint density at radius 2 is 2.05 bits per heavy atom. The summed E-state index contributed by atoms with van der Waals surface area (Å²) in [6, 6.07) is 7.92. The van der Waals surface area contributed by atoms with Gasteiger partial charge >= 0.3 is 6.03 Å². The van der Waals surface area contributed by atoms with Gasteiger partial charge in [0.1, 0.15) is 11.8 Å². The molecule has 3 amide bonds. The van der Waals surface area contributed by atoms with E-state index in [1.165, 1.54) is 0 Å². The van der Waals surface area contributed by atoms with E-state index in [9.17, 15) is 9.59 Å². The summed E-state index contributed by atoms with van der Waals surface area (Å²) in [5.41, 5.74) is 0.715. The van der Waals surface area contributed by atoms with Crippen LogP contribution in [-0.2, 0) is 4.79 Å². The number of nitrogens with one attached hydrogen (secondary N) is 1. The van der Waals surface area contributed by atoms with Crippen LogP contribution in [0.4, 0.5) is 4.79 Å². The summed E-state index contributed by atoms with van der Waals surface area (Å²) in [6.45, 7) is 0.269. The predicted molar refractivity (Wildman–Crippen MR) is 70.8 cm³/mol. The predicted octanol–water partition coefficient (Wildman–Crippen LogP) is 1.59. The molecule has 20 heavy (non-hydrogen) atoms. The minimum absolute atomic E-state index is 0.269. The fourth-order valence-corrected chi connectivity index (χ4v) is 2.07. The van der Waals surface area contributed by atoms with Gasteiger partial charge in [-0.25, -0.2) is 4.79 Å². The minimum atomic E-state index is -0.657. The van der Waals surface area contributed by atoms with Gasteiger partial charge in [-0.1, -0.05) is 12.1 Å². The van der Waals surface area contributed by atoms with Crippen LogP contribution in [0.3, 0.4) is 0 Å². The largest absolute Gasteiger partial charge is 0.497 e. The molecule has 1 saturated heterocycles. The molecule has 1 fully saturated rings. The van der Waals surface area contributed by atoms with Crippen LogP contribution >= 0.6 is 0 Å². The average Bonchev–Trinajstić information content (AvgIpc) is 2.75. The van der Waals surface area contributed by atoms with Crippen LogP contribution in [-0.4, -0.2) is 30.5 Å². The van der Waals surface area contributed by atoms with Crippen LogP contribution in [0, 0.1) is 11.3 Å². The van der Waals surface area contributed by atoms with E-state index in [1.807, 2.05) is 6.07 Å². The Morgan fingerprint density at radius 1 is 1.35 bits per heavy atom. The Morgan fingerprint density at radius 3 is 2.65 bits per heavy atom. The Bertz CT molecular complexity index is 548. The van der Waals surface area contributed by atoms with Gasteiger partial charge in [0.15, 0.2) is 0 Å². The fraction of sp³-hybridized carbons (Fsp3) is 0.357. The molecule has 2 rings (SSSR count). The third-order valence-corrected chi connectivity index (χ3v) is 3.15. The first-order chi connectivity index (χ1) is 9.67. The number of carbonyl (C=O) groups excluding carboxylic acids is 2. The van der Waals surface area contributed by atoms with Crippen LogP contribution in [0.25, 0.3) is 0 Å². The quantitative estimate of drug-likeness (QED) is 0.652. The number of carbonyl (C=O) groups is 2. The Balaban J connectivity index is 2.08. The number of unbranched alkanes of at least 4 members (excludes halogenated alkanes) is 1. The Kier molecular flexibility index (Phi) is 4.20. The van der Waals surface area contributed by atoms with E-state index in [1.54, 1.807) is 31.4 Å². The summed E-state index contributed by atoms with van der Waals surface area (Å²) < 4.78 is 5.05. The van der Waals surface area contributed by atoms with E-state index in [0.29, 0.717) is 24.2 Å². The number of rotatable bonds is 5. The molecule has 0 radical (unpaired) electrons. The molecule has 1 aromatic rings. The van der Waals surface area contributed by atoms with Crippen molar-refractivity contribution in [2.75, 3.05) is 13.7 Å². The van der Waals surface area contributed by atoms with Crippen molar-refractivity contribution in [3.63, 3.8) is 0 Å². The first kappa shape index (κ1) is 13.9. The second-order valence-electron chi connectivity index (χ2n) is 4.41. The molecule has 1 aromatic carbocycles. The number of nitriles is 1. The van der Waals surface area contributed by atoms with E-state index in [4.69, 9.17) is 10.00 Å². The number of ether oxygens (including phenoxy) is 1. The van der Waals surface area contributed by atoms with Crippen LogP contribution in [0.2, 0.25) is 0 Å². The van der Waals surface area contributed by atoms with Gasteiger partial charge in [-0.3, -0.25) is 9.69 Å². The third kappa shape index (κ3) is 2.72. The van der Waals surface area contributed by atoms with Gasteiger partial charge in [0.2, 0.25) is 0 Å². The number of urea groups is 1. The fourth-order valence-electron chi connectivity index (χ4n) is 2.07. The van der Waals surface area contributed by atoms with Crippen LogP contribution in [0.5, 0.6) is 5.75 Å². The minimum Gasteiger partial charge on any atom is -0.497 e. The molecule has 0 bridgehead atoms. The standard InChI is InChI=1S/C14H15N3O3/c1-20-11-6-4-10(5-7-11)12-13(18)17(14(19)16-12)9-3-2-8-15/h4-7,12H,2-3,9H2,1H3,(H,16,19). The van der Waals surface area contributed by atoms with Crippen LogP contribution in [0.1, 0.15) is 24.4 Å². The number of benzene rings is 1. The summed E-state index contributed by atoms with van der Waals surface area (Å²) in [5, 5.41) is 11.1. The van der Waals surface area contributed by atoms with E-state index in [0.717, 1.165) is 4.90 Å². The Hall–Kier alpha value is -2.55. The van der Waals surface area contributed by atoms with Gasteiger partial charge in [-0.15, -0.1) is 0 Å². The van der Waals surface area contributed by atoms with Crippen molar-refractivity contribution in [3.05, 3.63) is 29.8 Å². The molecule has 1 unspecified atom stereocenters. The molecular formula is C14H15N3O3. The van der Waals surface area contributed by atoms with Crippen molar-refractivity contribution in [3.8, 4) is 11.8 Å². The first-order valence-corrected chi connectivity index (χ1v) is 6.30. The second-order valence-corrected chi connectivity index (χ2v) is 4.41. The monoisotopic (exact) mass is 273 g/mol. The molecule has 1 heterocycles. The maximum atomic E-state index is 12.2. The lowest BCUT2D eigenvalue weighted by Gasteiger charge is -2.12. The summed E-state index contributed by atoms with van der Waals surface area (Å²) >= 11 is 0. The molecule has 0 aromatic heterocycles. The zero-order chi connectivity index (χ0) is 14.5. The van der Waals surface area contributed by atoms with Gasteiger partial charge in [0.25, 0.3) is 5.91 Å². The lowest BCUT2D eigenvalue weighted by Crippen LogP contribution is -2.31. The highest BCUT2D eigenvalue weighted by Crippen LogP contribution is 2.24. The molecule has 1 aliphatic heterocycles. The van der Waals surface area contributed by atoms with Crippen molar-refractivity contribution in [1.82, 2.24) is 10.2 Å². The van der Waals surface area contributed by atoms with E-state index in [2.05, 4.69) is 5.32 Å². The van der Waals surface area contributed by atoms with Gasteiger partial charge in [-0.05, 0) is 24.1 Å². The van der Waals surface area contributed by atoms with Gasteiger partial charge < -0.3 is 10.1 Å². The molecule has 0 aliphatic carbocycles. The summed E-state index contributed by atoms with van der Waals surface area (Å²) in [5.74, 6) is 0.412. The van der Waals surface area contributed by atoms with Crippen molar-refractivity contribution in [1.29, 1.82) is 5.26 Å². The average molecular weight is 273 g/mol. The number of nitrogens with zero attached hydrogens (tertiary/aromatic N) is 2. The molecule has 6 nitrogen and oxygen atoms in total. The lowest BCUT2D eigenvalue weighted by molar-refractivity contribution is -0.127. The lowest BCUT2D eigenvalue weighted by atomic mass is 10.1. The zero-order valence-electron chi connectivity index (χ0n) is 11.1. The number of hydrogen-bond donors (Lipinski definition) is 1. The number of hydrogen-bond acceptors (Lipinski definition) is 4. The molecule has 1 atom stereocenters. The van der Waals surface area contributed by atoms with Gasteiger partial charge in [0.05, 0.1) is 13.2 Å². The molecule has 6 heteroatoms. The van der Waals surface area contributed by atoms with Crippen LogP contribution in [0.15, 0.2) is 24.3 Å². The van der Waals surface area contributed by atoms with Crippen molar-refractivity contribution >= 4 is 11.9 Å². The van der Waals surface area contributed by atoms with E-state index >= 15 is 0 Å². The molecule has 0 saturated carbocycles. The second kappa shape index (κ2) is 6.06. The summed E-state index contributed by atoms with van der Waals surface area (Å²) in [4.78, 5) is 25.1. The van der Waals surface area contributed by atoms with Crippen molar-refractivity contribution in [2.24, 2.45) is 0 Å². The first-order valence-electron chi connectivity index (χ1n) is 6.30. The number of imide groups is 1. The van der Waals surface area contributed by atoms with Gasteiger partial charge in [-0.2, -0.15) is 5.26 Å². The highest BCUT2D eigenvalue weighted by molar-refractivity contribution is 6.04. The Labute approximate surface area is 116 Å². The maximum Gasteiger partial charge on any atom is 0.325 e. The molecule has 104 valence electrons. The number of amides is 3. The third-order valence-electron chi connectivity index (χ3n) is 3.15. The summed E-state index contributed by atoms with van der Waals surface area (Å²) in [7, 11) is 1.56. The van der Waals surface area contributed by atoms with E-state index in [-0.39, 0.29) is 12.5 Å². The topological polar surface area (TPSA) is 82.4 Å². The normalized spacial score (nSPS) is 17.8. The zero-order valence-corrected chi connectivity index (χ0v) is 11.1.